The molecule has 100 valence electrons. The quantitative estimate of drug-likeness (QED) is 0.809. The molecule has 1 aliphatic rings. The van der Waals surface area contributed by atoms with E-state index in [0.29, 0.717) is 19.8 Å². The van der Waals surface area contributed by atoms with Crippen LogP contribution in [0.4, 0.5) is 0 Å². The Morgan fingerprint density at radius 2 is 2.22 bits per heavy atom. The van der Waals surface area contributed by atoms with Gasteiger partial charge in [0.25, 0.3) is 0 Å². The van der Waals surface area contributed by atoms with Crippen molar-refractivity contribution in [1.82, 2.24) is 5.06 Å². The largest absolute Gasteiger partial charge is 0.494 e. The van der Waals surface area contributed by atoms with Crippen LogP contribution in [0.5, 0.6) is 5.75 Å². The average Bonchev–Trinajstić information content (AvgIpc) is 2.75. The van der Waals surface area contributed by atoms with Crippen LogP contribution in [0.15, 0.2) is 18.2 Å². The normalized spacial score (nSPS) is 20.3. The van der Waals surface area contributed by atoms with Crippen molar-refractivity contribution in [3.8, 4) is 5.75 Å². The van der Waals surface area contributed by atoms with Crippen LogP contribution in [-0.4, -0.2) is 42.6 Å². The Hall–Kier alpha value is -1.10. The third-order valence-corrected chi connectivity index (χ3v) is 3.16. The maximum atomic E-state index is 9.29. The van der Waals surface area contributed by atoms with E-state index in [-0.39, 0.29) is 6.10 Å². The molecule has 0 radical (unpaired) electrons. The molecular weight excluding hydrogens is 230 g/mol. The van der Waals surface area contributed by atoms with E-state index >= 15 is 0 Å². The van der Waals surface area contributed by atoms with Crippen LogP contribution >= 0.6 is 0 Å². The van der Waals surface area contributed by atoms with Crippen LogP contribution in [0, 0.1) is 13.8 Å². The van der Waals surface area contributed by atoms with Crippen molar-refractivity contribution in [3.63, 3.8) is 0 Å². The number of benzene rings is 1. The maximum Gasteiger partial charge on any atom is 0.119 e. The molecule has 0 saturated carbocycles. The lowest BCUT2D eigenvalue weighted by molar-refractivity contribution is -0.112. The smallest absolute Gasteiger partial charge is 0.119 e. The SMILES string of the molecule is Cc1ccc(OCCCN2C[C@H](O)CO2)cc1C. The summed E-state index contributed by atoms with van der Waals surface area (Å²) in [7, 11) is 0. The number of hydrogen-bond donors (Lipinski definition) is 1. The van der Waals surface area contributed by atoms with Crippen molar-refractivity contribution in [2.45, 2.75) is 26.4 Å². The molecular formula is C14H21NO3. The third kappa shape index (κ3) is 3.70. The molecule has 18 heavy (non-hydrogen) atoms. The predicted molar refractivity (Wildman–Crippen MR) is 69.6 cm³/mol. The molecule has 0 spiro atoms. The van der Waals surface area contributed by atoms with E-state index in [9.17, 15) is 5.11 Å². The summed E-state index contributed by atoms with van der Waals surface area (Å²) in [5, 5.41) is 11.1. The molecule has 1 atom stereocenters. The fourth-order valence-corrected chi connectivity index (χ4v) is 1.92. The number of nitrogens with zero attached hydrogens (tertiary/aromatic N) is 1. The summed E-state index contributed by atoms with van der Waals surface area (Å²) in [4.78, 5) is 5.28. The summed E-state index contributed by atoms with van der Waals surface area (Å²) in [5.41, 5.74) is 2.53. The number of aliphatic hydroxyl groups is 1. The Morgan fingerprint density at radius 3 is 2.89 bits per heavy atom. The summed E-state index contributed by atoms with van der Waals surface area (Å²) in [6.07, 6.45) is 0.547. The second kappa shape index (κ2) is 6.18. The second-order valence-electron chi connectivity index (χ2n) is 4.79. The number of hydroxylamine groups is 2. The molecule has 4 nitrogen and oxygen atoms in total. The van der Waals surface area contributed by atoms with Crippen molar-refractivity contribution in [2.75, 3.05) is 26.3 Å². The summed E-state index contributed by atoms with van der Waals surface area (Å²) in [6.45, 7) is 6.65. The molecule has 0 aromatic heterocycles. The fraction of sp³-hybridized carbons (Fsp3) is 0.571. The minimum Gasteiger partial charge on any atom is -0.494 e. The minimum atomic E-state index is -0.342. The summed E-state index contributed by atoms with van der Waals surface area (Å²) in [5.74, 6) is 0.917. The number of hydrogen-bond acceptors (Lipinski definition) is 4. The van der Waals surface area contributed by atoms with Crippen molar-refractivity contribution < 1.29 is 14.7 Å². The zero-order chi connectivity index (χ0) is 13.0. The first kappa shape index (κ1) is 13.3. The van der Waals surface area contributed by atoms with Crippen molar-refractivity contribution in [1.29, 1.82) is 0 Å². The summed E-state index contributed by atoms with van der Waals surface area (Å²) in [6, 6.07) is 6.13. The molecule has 1 N–H and O–H groups in total. The van der Waals surface area contributed by atoms with Gasteiger partial charge in [-0.3, -0.25) is 4.84 Å². The number of aliphatic hydroxyl groups excluding tert-OH is 1. The standard InChI is InChI=1S/C14H21NO3/c1-11-4-5-14(8-12(11)2)17-7-3-6-15-9-13(16)10-18-15/h4-5,8,13,16H,3,6-7,9-10H2,1-2H3/t13-/m0/s1. The van der Waals surface area contributed by atoms with Gasteiger partial charge in [-0.15, -0.1) is 0 Å². The lowest BCUT2D eigenvalue weighted by atomic mass is 10.1. The van der Waals surface area contributed by atoms with Crippen molar-refractivity contribution >= 4 is 0 Å². The molecule has 1 saturated heterocycles. The van der Waals surface area contributed by atoms with E-state index in [1.165, 1.54) is 11.1 Å². The molecule has 2 rings (SSSR count). The van der Waals surface area contributed by atoms with Gasteiger partial charge in [-0.1, -0.05) is 6.07 Å². The van der Waals surface area contributed by atoms with E-state index in [4.69, 9.17) is 9.57 Å². The van der Waals surface area contributed by atoms with Gasteiger partial charge in [0.1, 0.15) is 5.75 Å². The van der Waals surface area contributed by atoms with Gasteiger partial charge in [0, 0.05) is 6.54 Å². The average molecular weight is 251 g/mol. The number of β-amino-alcohol motifs (C(OH)–C–C–N with tert-alkyl or cyclic N) is 1. The Labute approximate surface area is 108 Å². The van der Waals surface area contributed by atoms with Crippen molar-refractivity contribution in [3.05, 3.63) is 29.3 Å². The molecule has 1 heterocycles. The predicted octanol–water partition coefficient (Wildman–Crippen LogP) is 1.68. The molecule has 1 aromatic rings. The van der Waals surface area contributed by atoms with E-state index in [1.807, 2.05) is 6.07 Å². The number of ether oxygens (including phenoxy) is 1. The topological polar surface area (TPSA) is 41.9 Å². The molecule has 0 aliphatic carbocycles. The van der Waals surface area contributed by atoms with Crippen molar-refractivity contribution in [2.24, 2.45) is 0 Å². The molecule has 0 bridgehead atoms. The molecule has 0 unspecified atom stereocenters. The maximum absolute atomic E-state index is 9.29. The Balaban J connectivity index is 1.67. The summed E-state index contributed by atoms with van der Waals surface area (Å²) < 4.78 is 5.68. The van der Waals surface area contributed by atoms with Gasteiger partial charge in [-0.05, 0) is 43.5 Å². The highest BCUT2D eigenvalue weighted by molar-refractivity contribution is 5.33. The van der Waals surface area contributed by atoms with Gasteiger partial charge in [0.05, 0.1) is 25.9 Å². The Morgan fingerprint density at radius 1 is 1.39 bits per heavy atom. The highest BCUT2D eigenvalue weighted by atomic mass is 16.7. The van der Waals surface area contributed by atoms with Crippen LogP contribution in [0.25, 0.3) is 0 Å². The van der Waals surface area contributed by atoms with Gasteiger partial charge in [-0.25, -0.2) is 0 Å². The minimum absolute atomic E-state index is 0.342. The van der Waals surface area contributed by atoms with Crippen LogP contribution in [0.1, 0.15) is 17.5 Å². The van der Waals surface area contributed by atoms with E-state index in [0.717, 1.165) is 18.7 Å². The van der Waals surface area contributed by atoms with Crippen LogP contribution in [0.2, 0.25) is 0 Å². The van der Waals surface area contributed by atoms with E-state index < -0.39 is 0 Å². The zero-order valence-corrected chi connectivity index (χ0v) is 11.1. The zero-order valence-electron chi connectivity index (χ0n) is 11.1. The lowest BCUT2D eigenvalue weighted by Crippen LogP contribution is -2.23. The number of aryl methyl sites for hydroxylation is 2. The molecule has 0 amide bonds. The van der Waals surface area contributed by atoms with Crippen LogP contribution < -0.4 is 4.74 Å². The Kier molecular flexibility index (Phi) is 4.58. The van der Waals surface area contributed by atoms with Gasteiger partial charge >= 0.3 is 0 Å². The van der Waals surface area contributed by atoms with Gasteiger partial charge < -0.3 is 9.84 Å². The molecule has 1 fully saturated rings. The number of rotatable bonds is 5. The highest BCUT2D eigenvalue weighted by Gasteiger charge is 2.20. The first-order valence-corrected chi connectivity index (χ1v) is 6.41. The highest BCUT2D eigenvalue weighted by Crippen LogP contribution is 2.16. The van der Waals surface area contributed by atoms with Gasteiger partial charge in [-0.2, -0.15) is 5.06 Å². The molecule has 1 aromatic carbocycles. The van der Waals surface area contributed by atoms with E-state index in [2.05, 4.69) is 26.0 Å². The molecule has 1 aliphatic heterocycles. The monoisotopic (exact) mass is 251 g/mol. The fourth-order valence-electron chi connectivity index (χ4n) is 1.92. The molecule has 4 heteroatoms. The third-order valence-electron chi connectivity index (χ3n) is 3.16. The second-order valence-corrected chi connectivity index (χ2v) is 4.79. The summed E-state index contributed by atoms with van der Waals surface area (Å²) >= 11 is 0. The van der Waals surface area contributed by atoms with Crippen LogP contribution in [-0.2, 0) is 4.84 Å². The van der Waals surface area contributed by atoms with Crippen LogP contribution in [0.3, 0.4) is 0 Å². The van der Waals surface area contributed by atoms with E-state index in [1.54, 1.807) is 5.06 Å². The van der Waals surface area contributed by atoms with Gasteiger partial charge in [0.15, 0.2) is 0 Å². The van der Waals surface area contributed by atoms with Gasteiger partial charge in [0.2, 0.25) is 0 Å². The first-order valence-electron chi connectivity index (χ1n) is 6.41. The lowest BCUT2D eigenvalue weighted by Gasteiger charge is -2.13. The first-order chi connectivity index (χ1) is 8.65. The Bertz CT molecular complexity index is 395.